The first-order valence-corrected chi connectivity index (χ1v) is 7.18. The van der Waals surface area contributed by atoms with Gasteiger partial charge in [0.1, 0.15) is 5.78 Å². The molecule has 1 saturated carbocycles. The van der Waals surface area contributed by atoms with Gasteiger partial charge >= 0.3 is 0 Å². The summed E-state index contributed by atoms with van der Waals surface area (Å²) in [6.07, 6.45) is 5.82. The summed E-state index contributed by atoms with van der Waals surface area (Å²) in [5, 5.41) is 0. The van der Waals surface area contributed by atoms with Gasteiger partial charge in [0, 0.05) is 24.6 Å². The second-order valence-corrected chi connectivity index (χ2v) is 5.96. The Morgan fingerprint density at radius 3 is 2.95 bits per heavy atom. The van der Waals surface area contributed by atoms with E-state index in [4.69, 9.17) is 10.5 Å². The van der Waals surface area contributed by atoms with Crippen molar-refractivity contribution in [2.45, 2.75) is 44.1 Å². The summed E-state index contributed by atoms with van der Waals surface area (Å²) >= 11 is 0. The maximum atomic E-state index is 12.4. The molecule has 0 amide bonds. The van der Waals surface area contributed by atoms with Crippen LogP contribution >= 0.6 is 0 Å². The van der Waals surface area contributed by atoms with E-state index in [1.165, 1.54) is 6.42 Å². The van der Waals surface area contributed by atoms with E-state index in [9.17, 15) is 4.79 Å². The molecule has 0 radical (unpaired) electrons. The van der Waals surface area contributed by atoms with E-state index >= 15 is 0 Å². The van der Waals surface area contributed by atoms with Crippen LogP contribution in [0.25, 0.3) is 0 Å². The number of nitrogens with two attached hydrogens (primary N) is 1. The van der Waals surface area contributed by atoms with E-state index in [2.05, 4.69) is 0 Å². The van der Waals surface area contributed by atoms with Gasteiger partial charge in [0.15, 0.2) is 0 Å². The second kappa shape index (κ2) is 4.97. The SMILES string of the molecule is Nc1cccc(CC(=O)C2CCOC3(CCC3)C2)c1. The van der Waals surface area contributed by atoms with Gasteiger partial charge in [0.2, 0.25) is 0 Å². The molecule has 2 aliphatic rings. The predicted molar refractivity (Wildman–Crippen MR) is 74.8 cm³/mol. The number of benzene rings is 1. The zero-order valence-electron chi connectivity index (χ0n) is 11.2. The normalized spacial score (nSPS) is 24.9. The summed E-state index contributed by atoms with van der Waals surface area (Å²) < 4.78 is 5.88. The van der Waals surface area contributed by atoms with Gasteiger partial charge in [0.25, 0.3) is 0 Å². The maximum absolute atomic E-state index is 12.4. The van der Waals surface area contributed by atoms with Crippen LogP contribution in [0, 0.1) is 5.92 Å². The van der Waals surface area contributed by atoms with Crippen LogP contribution in [-0.2, 0) is 16.0 Å². The molecule has 102 valence electrons. The molecular weight excluding hydrogens is 238 g/mol. The Morgan fingerprint density at radius 2 is 2.26 bits per heavy atom. The lowest BCUT2D eigenvalue weighted by Gasteiger charge is -2.46. The molecule has 0 aromatic heterocycles. The molecule has 2 N–H and O–H groups in total. The lowest BCUT2D eigenvalue weighted by Crippen LogP contribution is -2.47. The average molecular weight is 259 g/mol. The van der Waals surface area contributed by atoms with E-state index < -0.39 is 0 Å². The number of hydrogen-bond donors (Lipinski definition) is 1. The van der Waals surface area contributed by atoms with Gasteiger partial charge < -0.3 is 10.5 Å². The Kier molecular flexibility index (Phi) is 3.31. The van der Waals surface area contributed by atoms with Crippen LogP contribution in [-0.4, -0.2) is 18.0 Å². The Hall–Kier alpha value is -1.35. The minimum atomic E-state index is 0.0499. The Bertz CT molecular complexity index is 479. The first-order valence-electron chi connectivity index (χ1n) is 7.18. The summed E-state index contributed by atoms with van der Waals surface area (Å²) in [6.45, 7) is 0.743. The molecule has 3 nitrogen and oxygen atoms in total. The summed E-state index contributed by atoms with van der Waals surface area (Å²) in [4.78, 5) is 12.4. The number of nitrogen functional groups attached to an aromatic ring is 1. The van der Waals surface area contributed by atoms with Gasteiger partial charge in [0.05, 0.1) is 5.60 Å². The lowest BCUT2D eigenvalue weighted by atomic mass is 9.71. The van der Waals surface area contributed by atoms with Crippen molar-refractivity contribution in [3.05, 3.63) is 29.8 Å². The Labute approximate surface area is 114 Å². The predicted octanol–water partition coefficient (Wildman–Crippen LogP) is 2.73. The van der Waals surface area contributed by atoms with Crippen molar-refractivity contribution in [2.24, 2.45) is 5.92 Å². The number of ketones is 1. The largest absolute Gasteiger partial charge is 0.399 e. The molecule has 1 aromatic rings. The second-order valence-electron chi connectivity index (χ2n) is 5.96. The quantitative estimate of drug-likeness (QED) is 0.849. The molecule has 1 spiro atoms. The fourth-order valence-corrected chi connectivity index (χ4v) is 3.27. The van der Waals surface area contributed by atoms with Crippen molar-refractivity contribution in [2.75, 3.05) is 12.3 Å². The molecule has 19 heavy (non-hydrogen) atoms. The molecule has 0 bridgehead atoms. The van der Waals surface area contributed by atoms with Crippen LogP contribution in [0.4, 0.5) is 5.69 Å². The van der Waals surface area contributed by atoms with E-state index in [1.54, 1.807) is 0 Å². The number of hydrogen-bond acceptors (Lipinski definition) is 3. The van der Waals surface area contributed by atoms with Gasteiger partial charge in [-0.2, -0.15) is 0 Å². The fourth-order valence-electron chi connectivity index (χ4n) is 3.27. The van der Waals surface area contributed by atoms with Gasteiger partial charge in [-0.05, 0) is 49.8 Å². The number of anilines is 1. The molecule has 1 unspecified atom stereocenters. The van der Waals surface area contributed by atoms with Gasteiger partial charge in [-0.25, -0.2) is 0 Å². The fraction of sp³-hybridized carbons (Fsp3) is 0.562. The molecule has 2 fully saturated rings. The topological polar surface area (TPSA) is 52.3 Å². The zero-order valence-corrected chi connectivity index (χ0v) is 11.2. The molecular formula is C16H21NO2. The Balaban J connectivity index is 1.63. The zero-order chi connectivity index (χ0) is 13.3. The first kappa shape index (κ1) is 12.7. The number of Topliss-reactive ketones (excluding diaryl/α,β-unsaturated/α-hetero) is 1. The smallest absolute Gasteiger partial charge is 0.140 e. The van der Waals surface area contributed by atoms with Crippen molar-refractivity contribution >= 4 is 11.5 Å². The molecule has 1 aliphatic carbocycles. The first-order chi connectivity index (χ1) is 9.17. The highest BCUT2D eigenvalue weighted by Crippen LogP contribution is 2.44. The molecule has 1 atom stereocenters. The lowest BCUT2D eigenvalue weighted by molar-refractivity contribution is -0.155. The molecule has 1 aliphatic heterocycles. The number of carbonyl (C=O) groups is 1. The van der Waals surface area contributed by atoms with Crippen molar-refractivity contribution in [3.63, 3.8) is 0 Å². The standard InChI is InChI=1S/C16H21NO2/c17-14-4-1-3-12(9-14)10-15(18)13-5-8-19-16(11-13)6-2-7-16/h1,3-4,9,13H,2,5-8,10-11,17H2. The van der Waals surface area contributed by atoms with E-state index in [0.29, 0.717) is 12.2 Å². The van der Waals surface area contributed by atoms with Crippen molar-refractivity contribution < 1.29 is 9.53 Å². The number of ether oxygens (including phenoxy) is 1. The maximum Gasteiger partial charge on any atom is 0.140 e. The molecule has 1 heterocycles. The van der Waals surface area contributed by atoms with E-state index in [0.717, 1.165) is 43.5 Å². The van der Waals surface area contributed by atoms with Gasteiger partial charge in [-0.3, -0.25) is 4.79 Å². The number of rotatable bonds is 3. The van der Waals surface area contributed by atoms with E-state index in [-0.39, 0.29) is 11.5 Å². The van der Waals surface area contributed by atoms with Crippen LogP contribution in [0.5, 0.6) is 0 Å². The third kappa shape index (κ3) is 2.66. The van der Waals surface area contributed by atoms with Gasteiger partial charge in [-0.15, -0.1) is 0 Å². The minimum absolute atomic E-state index is 0.0499. The monoisotopic (exact) mass is 259 g/mol. The number of carbonyl (C=O) groups excluding carboxylic acids is 1. The summed E-state index contributed by atoms with van der Waals surface area (Å²) in [5.41, 5.74) is 7.56. The van der Waals surface area contributed by atoms with Crippen LogP contribution in [0.15, 0.2) is 24.3 Å². The van der Waals surface area contributed by atoms with Crippen LogP contribution < -0.4 is 5.73 Å². The highest BCUT2D eigenvalue weighted by molar-refractivity contribution is 5.83. The van der Waals surface area contributed by atoms with Crippen molar-refractivity contribution in [1.29, 1.82) is 0 Å². The van der Waals surface area contributed by atoms with Crippen molar-refractivity contribution in [1.82, 2.24) is 0 Å². The van der Waals surface area contributed by atoms with Crippen LogP contribution in [0.3, 0.4) is 0 Å². The highest BCUT2D eigenvalue weighted by atomic mass is 16.5. The van der Waals surface area contributed by atoms with E-state index in [1.807, 2.05) is 24.3 Å². The molecule has 3 heteroatoms. The molecule has 1 saturated heterocycles. The Morgan fingerprint density at radius 1 is 1.42 bits per heavy atom. The third-order valence-electron chi connectivity index (χ3n) is 4.54. The van der Waals surface area contributed by atoms with Crippen molar-refractivity contribution in [3.8, 4) is 0 Å². The highest BCUT2D eigenvalue weighted by Gasteiger charge is 2.44. The summed E-state index contributed by atoms with van der Waals surface area (Å²) in [5.74, 6) is 0.524. The van der Waals surface area contributed by atoms with Crippen LogP contribution in [0.1, 0.15) is 37.7 Å². The minimum Gasteiger partial charge on any atom is -0.399 e. The molecule has 1 aromatic carbocycles. The third-order valence-corrected chi connectivity index (χ3v) is 4.54. The van der Waals surface area contributed by atoms with Crippen LogP contribution in [0.2, 0.25) is 0 Å². The summed E-state index contributed by atoms with van der Waals surface area (Å²) in [6, 6.07) is 7.64. The summed E-state index contributed by atoms with van der Waals surface area (Å²) in [7, 11) is 0. The average Bonchev–Trinajstić information content (AvgIpc) is 2.37. The van der Waals surface area contributed by atoms with Gasteiger partial charge in [-0.1, -0.05) is 12.1 Å². The molecule has 3 rings (SSSR count).